The van der Waals surface area contributed by atoms with Gasteiger partial charge in [-0.15, -0.1) is 0 Å². The van der Waals surface area contributed by atoms with Crippen LogP contribution in [0.5, 0.6) is 0 Å². The highest BCUT2D eigenvalue weighted by atomic mass is 16.6. The number of likely N-dealkylation sites (tertiary alicyclic amines) is 1. The number of esters is 1. The molecule has 7 nitrogen and oxygen atoms in total. The Kier molecular flexibility index (Phi) is 4.58. The van der Waals surface area contributed by atoms with Gasteiger partial charge in [0.05, 0.1) is 6.61 Å². The lowest BCUT2D eigenvalue weighted by molar-refractivity contribution is -0.148. The minimum absolute atomic E-state index is 0.107. The van der Waals surface area contributed by atoms with Gasteiger partial charge in [-0.25, -0.2) is 9.59 Å². The van der Waals surface area contributed by atoms with Crippen LogP contribution < -0.4 is 5.32 Å². The molecule has 24 heavy (non-hydrogen) atoms. The van der Waals surface area contributed by atoms with Gasteiger partial charge < -0.3 is 19.5 Å². The van der Waals surface area contributed by atoms with Crippen LogP contribution in [0.25, 0.3) is 0 Å². The van der Waals surface area contributed by atoms with Crippen LogP contribution in [0.2, 0.25) is 0 Å². The molecule has 2 aliphatic heterocycles. The third-order valence-corrected chi connectivity index (χ3v) is 4.42. The molecule has 0 aliphatic carbocycles. The molecule has 3 rings (SSSR count). The summed E-state index contributed by atoms with van der Waals surface area (Å²) in [4.78, 5) is 25.6. The first kappa shape index (κ1) is 16.9. The maximum absolute atomic E-state index is 12.2. The summed E-state index contributed by atoms with van der Waals surface area (Å²) in [5.41, 5.74) is -0.0392. The Balaban J connectivity index is 1.57. The third-order valence-electron chi connectivity index (χ3n) is 4.42. The predicted octanol–water partition coefficient (Wildman–Crippen LogP) is 1.04. The number of fused-ring (bicyclic) bond motifs is 1. The van der Waals surface area contributed by atoms with E-state index in [1.165, 1.54) is 4.90 Å². The molecule has 0 aromatic heterocycles. The maximum atomic E-state index is 12.2. The van der Waals surface area contributed by atoms with Crippen LogP contribution in [-0.2, 0) is 14.3 Å². The van der Waals surface area contributed by atoms with Crippen molar-refractivity contribution in [2.45, 2.75) is 31.7 Å². The number of carbonyl (C=O) groups is 2. The van der Waals surface area contributed by atoms with E-state index in [9.17, 15) is 14.7 Å². The normalized spacial score (nSPS) is 26.5. The van der Waals surface area contributed by atoms with Crippen molar-refractivity contribution in [2.24, 2.45) is 5.92 Å². The largest absolute Gasteiger partial charge is 0.417 e. The van der Waals surface area contributed by atoms with Crippen LogP contribution in [0.3, 0.4) is 0 Å². The Morgan fingerprint density at radius 1 is 1.33 bits per heavy atom. The molecule has 2 fully saturated rings. The minimum atomic E-state index is -1.47. The van der Waals surface area contributed by atoms with Crippen molar-refractivity contribution < 1.29 is 24.2 Å². The number of hydrogen-bond acceptors (Lipinski definition) is 6. The van der Waals surface area contributed by atoms with Gasteiger partial charge in [0.25, 0.3) is 0 Å². The van der Waals surface area contributed by atoms with E-state index in [2.05, 4.69) is 5.32 Å². The van der Waals surface area contributed by atoms with Gasteiger partial charge in [0.15, 0.2) is 6.10 Å². The molecule has 0 unspecified atom stereocenters. The zero-order chi connectivity index (χ0) is 17.3. The van der Waals surface area contributed by atoms with Crippen LogP contribution in [0, 0.1) is 5.92 Å². The highest BCUT2D eigenvalue weighted by Gasteiger charge is 2.43. The Morgan fingerprint density at radius 3 is 2.75 bits per heavy atom. The second-order valence-corrected chi connectivity index (χ2v) is 6.74. The second-order valence-electron chi connectivity index (χ2n) is 6.74. The van der Waals surface area contributed by atoms with Crippen LogP contribution in [0.15, 0.2) is 30.3 Å². The van der Waals surface area contributed by atoms with Crippen molar-refractivity contribution in [1.82, 2.24) is 10.2 Å². The first-order valence-electron chi connectivity index (χ1n) is 8.01. The number of aliphatic hydroxyl groups excluding tert-OH is 1. The summed E-state index contributed by atoms with van der Waals surface area (Å²) in [5.74, 6) is -0.801. The van der Waals surface area contributed by atoms with Crippen LogP contribution in [0.1, 0.15) is 25.5 Å². The number of amides is 1. The maximum Gasteiger partial charge on any atom is 0.417 e. The number of benzene rings is 1. The minimum Gasteiger partial charge on any atom is -0.377 e. The lowest BCUT2D eigenvalue weighted by Gasteiger charge is -2.38. The monoisotopic (exact) mass is 334 g/mol. The second kappa shape index (κ2) is 6.51. The summed E-state index contributed by atoms with van der Waals surface area (Å²) in [5, 5.41) is 13.3. The van der Waals surface area contributed by atoms with Crippen molar-refractivity contribution in [3.63, 3.8) is 0 Å². The lowest BCUT2D eigenvalue weighted by Crippen LogP contribution is -2.56. The van der Waals surface area contributed by atoms with Crippen molar-refractivity contribution in [1.29, 1.82) is 0 Å². The first-order chi connectivity index (χ1) is 11.4. The molecular weight excluding hydrogens is 312 g/mol. The van der Waals surface area contributed by atoms with E-state index in [4.69, 9.17) is 9.47 Å². The summed E-state index contributed by atoms with van der Waals surface area (Å²) in [6, 6.07) is 8.48. The molecule has 7 heteroatoms. The molecule has 0 bridgehead atoms. The molecule has 1 aromatic carbocycles. The Morgan fingerprint density at radius 2 is 2.04 bits per heavy atom. The quantitative estimate of drug-likeness (QED) is 0.621. The van der Waals surface area contributed by atoms with E-state index >= 15 is 0 Å². The highest BCUT2D eigenvalue weighted by Crippen LogP contribution is 2.26. The fourth-order valence-electron chi connectivity index (χ4n) is 3.13. The lowest BCUT2D eigenvalue weighted by atomic mass is 10.0. The van der Waals surface area contributed by atoms with Gasteiger partial charge in [0.2, 0.25) is 0 Å². The summed E-state index contributed by atoms with van der Waals surface area (Å²) in [6.07, 6.45) is -2.20. The van der Waals surface area contributed by atoms with Crippen LogP contribution in [-0.4, -0.2) is 53.5 Å². The van der Waals surface area contributed by atoms with Gasteiger partial charge in [0.1, 0.15) is 5.72 Å². The summed E-state index contributed by atoms with van der Waals surface area (Å²) in [7, 11) is 0. The number of ether oxygens (including phenoxy) is 2. The number of carbonyl (C=O) groups excluding carboxylic acids is 2. The number of hydrogen-bond donors (Lipinski definition) is 2. The van der Waals surface area contributed by atoms with Gasteiger partial charge in [-0.1, -0.05) is 30.3 Å². The zero-order valence-corrected chi connectivity index (χ0v) is 13.8. The highest BCUT2D eigenvalue weighted by molar-refractivity contribution is 5.87. The van der Waals surface area contributed by atoms with E-state index in [-0.39, 0.29) is 12.0 Å². The van der Waals surface area contributed by atoms with Gasteiger partial charge in [-0.05, 0) is 19.4 Å². The van der Waals surface area contributed by atoms with Crippen molar-refractivity contribution in [2.75, 3.05) is 19.7 Å². The van der Waals surface area contributed by atoms with Crippen LogP contribution >= 0.6 is 0 Å². The number of rotatable bonds is 2. The molecule has 0 saturated carbocycles. The molecule has 0 radical (unpaired) electrons. The SMILES string of the molecule is CC1(C)N[C@@H]2CN(C(=O)OC(=O)[C@H](O)c3ccccc3)C[C@@H]2CO1. The molecular formula is C17H22N2O5. The molecule has 1 aromatic rings. The average Bonchev–Trinajstić information content (AvgIpc) is 2.96. The smallest absolute Gasteiger partial charge is 0.377 e. The fraction of sp³-hybridized carbons (Fsp3) is 0.529. The summed E-state index contributed by atoms with van der Waals surface area (Å²) in [6.45, 7) is 5.33. The van der Waals surface area contributed by atoms with Gasteiger partial charge in [-0.2, -0.15) is 0 Å². The molecule has 3 atom stereocenters. The van der Waals surface area contributed by atoms with E-state index in [1.807, 2.05) is 13.8 Å². The van der Waals surface area contributed by atoms with Gasteiger partial charge in [0, 0.05) is 25.0 Å². The summed E-state index contributed by atoms with van der Waals surface area (Å²) < 4.78 is 10.5. The zero-order valence-electron chi connectivity index (χ0n) is 13.8. The number of nitrogens with one attached hydrogen (secondary N) is 1. The Labute approximate surface area is 140 Å². The molecule has 0 spiro atoms. The topological polar surface area (TPSA) is 88.1 Å². The van der Waals surface area contributed by atoms with Crippen LogP contribution in [0.4, 0.5) is 4.79 Å². The molecule has 2 saturated heterocycles. The number of aliphatic hydroxyl groups is 1. The Hall–Kier alpha value is -1.96. The molecule has 2 aliphatic rings. The number of nitrogens with zero attached hydrogens (tertiary/aromatic N) is 1. The van der Waals surface area contributed by atoms with E-state index in [1.54, 1.807) is 30.3 Å². The van der Waals surface area contributed by atoms with E-state index in [0.717, 1.165) is 0 Å². The molecule has 2 heterocycles. The fourth-order valence-corrected chi connectivity index (χ4v) is 3.13. The third kappa shape index (κ3) is 3.58. The first-order valence-corrected chi connectivity index (χ1v) is 8.01. The van der Waals surface area contributed by atoms with Gasteiger partial charge in [-0.3, -0.25) is 5.32 Å². The molecule has 130 valence electrons. The van der Waals surface area contributed by atoms with Crippen molar-refractivity contribution in [3.05, 3.63) is 35.9 Å². The standard InChI is InChI=1S/C17H22N2O5/c1-17(2)18-13-9-19(8-12(13)10-23-17)16(22)24-15(21)14(20)11-6-4-3-5-7-11/h3-7,12-14,18,20H,8-10H2,1-2H3/t12-,13-,14-/m1/s1. The molecule has 1 amide bonds. The van der Waals surface area contributed by atoms with Crippen molar-refractivity contribution in [3.8, 4) is 0 Å². The van der Waals surface area contributed by atoms with Crippen molar-refractivity contribution >= 4 is 12.1 Å². The summed E-state index contributed by atoms with van der Waals surface area (Å²) >= 11 is 0. The Bertz CT molecular complexity index is 619. The average molecular weight is 334 g/mol. The molecule has 2 N–H and O–H groups in total. The van der Waals surface area contributed by atoms with E-state index in [0.29, 0.717) is 25.3 Å². The predicted molar refractivity (Wildman–Crippen MR) is 84.9 cm³/mol. The van der Waals surface area contributed by atoms with Gasteiger partial charge >= 0.3 is 12.1 Å². The van der Waals surface area contributed by atoms with E-state index < -0.39 is 23.9 Å².